The van der Waals surface area contributed by atoms with Crippen LogP contribution in [0.4, 0.5) is 4.39 Å². The highest BCUT2D eigenvalue weighted by molar-refractivity contribution is 5.26. The molecule has 0 aliphatic rings. The van der Waals surface area contributed by atoms with Crippen LogP contribution < -0.4 is 0 Å². The summed E-state index contributed by atoms with van der Waals surface area (Å²) in [5.74, 6) is -0.190. The summed E-state index contributed by atoms with van der Waals surface area (Å²) >= 11 is 0. The summed E-state index contributed by atoms with van der Waals surface area (Å²) in [6.07, 6.45) is 0.861. The third-order valence-corrected chi connectivity index (χ3v) is 1.43. The minimum atomic E-state index is -0.190. The Bertz CT molecular complexity index is 208. The second kappa shape index (κ2) is 2.82. The Kier molecular flexibility index (Phi) is 2.05. The standard InChI is InChI=1S/C9H10F/c1-3-8-4-7(2)5-9(10)6-8/h4-6H,2-3H2,1H3. The van der Waals surface area contributed by atoms with Gasteiger partial charge in [0.15, 0.2) is 0 Å². The molecule has 53 valence electrons. The van der Waals surface area contributed by atoms with Gasteiger partial charge in [0, 0.05) is 0 Å². The van der Waals surface area contributed by atoms with Gasteiger partial charge in [0.1, 0.15) is 5.82 Å². The van der Waals surface area contributed by atoms with E-state index in [0.29, 0.717) is 0 Å². The van der Waals surface area contributed by atoms with Crippen molar-refractivity contribution in [3.8, 4) is 0 Å². The Hall–Kier alpha value is -0.850. The lowest BCUT2D eigenvalue weighted by Gasteiger charge is -1.97. The first-order chi connectivity index (χ1) is 4.72. The van der Waals surface area contributed by atoms with Gasteiger partial charge in [-0.3, -0.25) is 0 Å². The van der Waals surface area contributed by atoms with Crippen LogP contribution in [0.1, 0.15) is 18.1 Å². The Morgan fingerprint density at radius 3 is 2.60 bits per heavy atom. The molecule has 1 rings (SSSR count). The number of rotatable bonds is 1. The van der Waals surface area contributed by atoms with Crippen molar-refractivity contribution < 1.29 is 4.39 Å². The van der Waals surface area contributed by atoms with Crippen LogP contribution in [0.3, 0.4) is 0 Å². The van der Waals surface area contributed by atoms with E-state index in [2.05, 4.69) is 6.92 Å². The largest absolute Gasteiger partial charge is 0.207 e. The van der Waals surface area contributed by atoms with E-state index in [4.69, 9.17) is 0 Å². The molecule has 0 bridgehead atoms. The van der Waals surface area contributed by atoms with Crippen molar-refractivity contribution in [1.82, 2.24) is 0 Å². The molecule has 1 aromatic carbocycles. The van der Waals surface area contributed by atoms with Crippen LogP contribution in [0.5, 0.6) is 0 Å². The lowest BCUT2D eigenvalue weighted by molar-refractivity contribution is 0.625. The van der Waals surface area contributed by atoms with Crippen LogP contribution in [0.15, 0.2) is 18.2 Å². The van der Waals surface area contributed by atoms with Gasteiger partial charge in [-0.15, -0.1) is 0 Å². The normalized spacial score (nSPS) is 9.90. The van der Waals surface area contributed by atoms with E-state index < -0.39 is 0 Å². The van der Waals surface area contributed by atoms with E-state index in [9.17, 15) is 4.39 Å². The zero-order valence-electron chi connectivity index (χ0n) is 6.02. The predicted molar refractivity (Wildman–Crippen MR) is 40.2 cm³/mol. The topological polar surface area (TPSA) is 0 Å². The number of benzene rings is 1. The van der Waals surface area contributed by atoms with Gasteiger partial charge in [0.2, 0.25) is 0 Å². The van der Waals surface area contributed by atoms with Gasteiger partial charge in [0.05, 0.1) is 0 Å². The molecule has 0 saturated carbocycles. The van der Waals surface area contributed by atoms with Gasteiger partial charge in [-0.2, -0.15) is 0 Å². The molecule has 0 N–H and O–H groups in total. The van der Waals surface area contributed by atoms with E-state index in [1.54, 1.807) is 0 Å². The number of aryl methyl sites for hydroxylation is 1. The van der Waals surface area contributed by atoms with Gasteiger partial charge in [0.25, 0.3) is 0 Å². The number of hydrogen-bond acceptors (Lipinski definition) is 0. The van der Waals surface area contributed by atoms with E-state index in [1.807, 2.05) is 13.0 Å². The molecule has 0 heterocycles. The average molecular weight is 137 g/mol. The van der Waals surface area contributed by atoms with Crippen molar-refractivity contribution in [2.24, 2.45) is 0 Å². The van der Waals surface area contributed by atoms with Crippen LogP contribution in [0.25, 0.3) is 0 Å². The molecule has 0 fully saturated rings. The van der Waals surface area contributed by atoms with Gasteiger partial charge >= 0.3 is 0 Å². The van der Waals surface area contributed by atoms with Gasteiger partial charge in [-0.1, -0.05) is 13.0 Å². The second-order valence-corrected chi connectivity index (χ2v) is 2.32. The van der Waals surface area contributed by atoms with Gasteiger partial charge in [-0.25, -0.2) is 4.39 Å². The number of halogens is 1. The molecule has 0 atom stereocenters. The monoisotopic (exact) mass is 137 g/mol. The first-order valence-corrected chi connectivity index (χ1v) is 3.34. The maximum absolute atomic E-state index is 12.6. The lowest BCUT2D eigenvalue weighted by atomic mass is 10.1. The zero-order valence-corrected chi connectivity index (χ0v) is 6.02. The fourth-order valence-electron chi connectivity index (χ4n) is 0.921. The predicted octanol–water partition coefficient (Wildman–Crippen LogP) is 2.57. The SMILES string of the molecule is [CH2]c1cc(F)cc(CC)c1. The van der Waals surface area contributed by atoms with Crippen molar-refractivity contribution in [2.45, 2.75) is 13.3 Å². The Morgan fingerprint density at radius 2 is 2.10 bits per heavy atom. The fraction of sp³-hybridized carbons (Fsp3) is 0.222. The van der Waals surface area contributed by atoms with Crippen molar-refractivity contribution >= 4 is 0 Å². The molecule has 1 aromatic rings. The van der Waals surface area contributed by atoms with Crippen LogP contribution >= 0.6 is 0 Å². The first kappa shape index (κ1) is 7.26. The summed E-state index contributed by atoms with van der Waals surface area (Å²) in [5, 5.41) is 0. The highest BCUT2D eigenvalue weighted by Gasteiger charge is 1.94. The summed E-state index contributed by atoms with van der Waals surface area (Å²) in [6.45, 7) is 5.64. The van der Waals surface area contributed by atoms with Gasteiger partial charge in [-0.05, 0) is 36.6 Å². The summed E-state index contributed by atoms with van der Waals surface area (Å²) in [6, 6.07) is 4.86. The third-order valence-electron chi connectivity index (χ3n) is 1.43. The van der Waals surface area contributed by atoms with Crippen LogP contribution in [0, 0.1) is 12.7 Å². The number of hydrogen-bond donors (Lipinski definition) is 0. The van der Waals surface area contributed by atoms with E-state index in [-0.39, 0.29) is 5.82 Å². The smallest absolute Gasteiger partial charge is 0.123 e. The summed E-state index contributed by atoms with van der Waals surface area (Å²) < 4.78 is 12.6. The van der Waals surface area contributed by atoms with E-state index >= 15 is 0 Å². The Balaban J connectivity index is 3.06. The average Bonchev–Trinajstić information content (AvgIpc) is 1.85. The molecule has 0 saturated heterocycles. The van der Waals surface area contributed by atoms with Crippen LogP contribution in [-0.2, 0) is 6.42 Å². The fourth-order valence-corrected chi connectivity index (χ4v) is 0.921. The summed E-state index contributed by atoms with van der Waals surface area (Å²) in [4.78, 5) is 0. The van der Waals surface area contributed by atoms with Crippen molar-refractivity contribution in [3.05, 3.63) is 42.1 Å². The quantitative estimate of drug-likeness (QED) is 0.558. The van der Waals surface area contributed by atoms with Crippen molar-refractivity contribution in [1.29, 1.82) is 0 Å². The summed E-state index contributed by atoms with van der Waals surface area (Å²) in [7, 11) is 0. The zero-order chi connectivity index (χ0) is 7.56. The molecule has 0 nitrogen and oxygen atoms in total. The van der Waals surface area contributed by atoms with Crippen molar-refractivity contribution in [3.63, 3.8) is 0 Å². The maximum atomic E-state index is 12.6. The maximum Gasteiger partial charge on any atom is 0.123 e. The minimum absolute atomic E-state index is 0.190. The molecule has 0 unspecified atom stereocenters. The molecule has 10 heavy (non-hydrogen) atoms. The second-order valence-electron chi connectivity index (χ2n) is 2.32. The van der Waals surface area contributed by atoms with Crippen LogP contribution in [-0.4, -0.2) is 0 Å². The van der Waals surface area contributed by atoms with Gasteiger partial charge < -0.3 is 0 Å². The Labute approximate surface area is 60.7 Å². The molecule has 0 aliphatic heterocycles. The molecule has 1 heteroatoms. The van der Waals surface area contributed by atoms with E-state index in [0.717, 1.165) is 17.5 Å². The first-order valence-electron chi connectivity index (χ1n) is 3.34. The lowest BCUT2D eigenvalue weighted by Crippen LogP contribution is -1.84. The van der Waals surface area contributed by atoms with E-state index in [1.165, 1.54) is 12.1 Å². The highest BCUT2D eigenvalue weighted by Crippen LogP contribution is 2.07. The highest BCUT2D eigenvalue weighted by atomic mass is 19.1. The van der Waals surface area contributed by atoms with Crippen molar-refractivity contribution in [2.75, 3.05) is 0 Å². The van der Waals surface area contributed by atoms with Crippen LogP contribution in [0.2, 0.25) is 0 Å². The molecule has 0 spiro atoms. The Morgan fingerprint density at radius 1 is 1.40 bits per heavy atom. The molecule has 0 amide bonds. The molecular formula is C9H10F. The minimum Gasteiger partial charge on any atom is -0.207 e. The molecule has 1 radical (unpaired) electrons. The molecule has 0 aromatic heterocycles. The molecular weight excluding hydrogens is 127 g/mol. The summed E-state index contributed by atoms with van der Waals surface area (Å²) in [5.41, 5.74) is 1.75. The third kappa shape index (κ3) is 1.56. The molecule has 0 aliphatic carbocycles.